The van der Waals surface area contributed by atoms with Gasteiger partial charge in [0.05, 0.1) is 17.1 Å². The van der Waals surface area contributed by atoms with E-state index in [4.69, 9.17) is 11.6 Å². The quantitative estimate of drug-likeness (QED) is 0.135. The van der Waals surface area contributed by atoms with E-state index in [2.05, 4.69) is 279 Å². The second-order valence-electron chi connectivity index (χ2n) is 22.2. The predicted octanol–water partition coefficient (Wildman–Crippen LogP) is 20.0. The summed E-state index contributed by atoms with van der Waals surface area (Å²) in [4.78, 5) is 4.89. The minimum absolute atomic E-state index is 0.0336. The Bertz CT molecular complexity index is 3250. The summed E-state index contributed by atoms with van der Waals surface area (Å²) in [6.45, 7) is 25.3. The normalized spacial score (nSPS) is 12.3. The highest BCUT2D eigenvalue weighted by Gasteiger charge is 2.29. The van der Waals surface area contributed by atoms with Gasteiger partial charge in [0.15, 0.2) is 0 Å². The Kier molecular flexibility index (Phi) is 12.8. The number of benzene rings is 8. The SMILES string of the molecule is CC(C)(C)c1ccc(N(c2cc(Cl)cc(N(c3ccc(C(C)(C)C)cc3-c3ccccc3)c3csc4ccc(C(C)(C)C)cc34)c2)c2cccc(C(C)(C)c3ccccc3)c2)c(-c2ccccc2)c1. The van der Waals surface area contributed by atoms with Gasteiger partial charge in [0.2, 0.25) is 0 Å². The van der Waals surface area contributed by atoms with Crippen molar-refractivity contribution in [2.24, 2.45) is 0 Å². The lowest BCUT2D eigenvalue weighted by molar-refractivity contribution is 0.590. The Balaban J connectivity index is 1.35. The zero-order valence-electron chi connectivity index (χ0n) is 42.2. The third-order valence-electron chi connectivity index (χ3n) is 13.7. The molecule has 0 amide bonds. The molecule has 348 valence electrons. The first kappa shape index (κ1) is 47.7. The fraction of sp³-hybridized carbons (Fsp3) is 0.231. The van der Waals surface area contributed by atoms with Gasteiger partial charge < -0.3 is 9.80 Å². The zero-order valence-corrected chi connectivity index (χ0v) is 43.7. The molecule has 0 atom stereocenters. The molecule has 69 heavy (non-hydrogen) atoms. The number of halogens is 1. The number of fused-ring (bicyclic) bond motifs is 1. The van der Waals surface area contributed by atoms with Crippen molar-refractivity contribution in [3.63, 3.8) is 0 Å². The van der Waals surface area contributed by atoms with Crippen LogP contribution < -0.4 is 9.80 Å². The van der Waals surface area contributed by atoms with E-state index in [1.165, 1.54) is 37.9 Å². The van der Waals surface area contributed by atoms with E-state index in [1.807, 2.05) is 0 Å². The molecule has 0 bridgehead atoms. The Morgan fingerprint density at radius 1 is 0.362 bits per heavy atom. The second-order valence-corrected chi connectivity index (χ2v) is 23.5. The van der Waals surface area contributed by atoms with E-state index in [1.54, 1.807) is 11.3 Å². The summed E-state index contributed by atoms with van der Waals surface area (Å²) in [5.74, 6) is 0. The van der Waals surface area contributed by atoms with Crippen molar-refractivity contribution < 1.29 is 0 Å². The third-order valence-corrected chi connectivity index (χ3v) is 14.9. The highest BCUT2D eigenvalue weighted by molar-refractivity contribution is 7.17. The minimum Gasteiger partial charge on any atom is -0.310 e. The molecule has 0 N–H and O–H groups in total. The van der Waals surface area contributed by atoms with Gasteiger partial charge in [-0.15, -0.1) is 11.3 Å². The van der Waals surface area contributed by atoms with Crippen LogP contribution in [-0.4, -0.2) is 0 Å². The van der Waals surface area contributed by atoms with Crippen molar-refractivity contribution in [1.82, 2.24) is 0 Å². The summed E-state index contributed by atoms with van der Waals surface area (Å²) in [7, 11) is 0. The van der Waals surface area contributed by atoms with Gasteiger partial charge in [-0.25, -0.2) is 0 Å². The molecule has 0 radical (unpaired) electrons. The molecule has 8 aromatic carbocycles. The molecule has 2 nitrogen and oxygen atoms in total. The van der Waals surface area contributed by atoms with Gasteiger partial charge in [0, 0.05) is 54.1 Å². The minimum atomic E-state index is -0.267. The molecular formula is C65H65ClN2S. The van der Waals surface area contributed by atoms with Crippen LogP contribution in [-0.2, 0) is 21.7 Å². The average molecular weight is 942 g/mol. The lowest BCUT2D eigenvalue weighted by atomic mass is 9.78. The lowest BCUT2D eigenvalue weighted by Crippen LogP contribution is -2.20. The van der Waals surface area contributed by atoms with Crippen molar-refractivity contribution in [2.75, 3.05) is 9.80 Å². The maximum absolute atomic E-state index is 7.58. The fourth-order valence-corrected chi connectivity index (χ4v) is 10.6. The van der Waals surface area contributed by atoms with E-state index in [9.17, 15) is 0 Å². The largest absolute Gasteiger partial charge is 0.310 e. The van der Waals surface area contributed by atoms with Crippen LogP contribution in [0, 0.1) is 0 Å². The first-order valence-corrected chi connectivity index (χ1v) is 25.5. The molecule has 0 unspecified atom stereocenters. The molecule has 0 spiro atoms. The van der Waals surface area contributed by atoms with Gasteiger partial charge in [-0.05, 0) is 122 Å². The second kappa shape index (κ2) is 18.5. The molecular weight excluding hydrogens is 876 g/mol. The smallest absolute Gasteiger partial charge is 0.0647 e. The summed E-state index contributed by atoms with van der Waals surface area (Å²) in [5.41, 5.74) is 16.8. The molecule has 9 aromatic rings. The van der Waals surface area contributed by atoms with Crippen LogP contribution in [0.4, 0.5) is 34.1 Å². The van der Waals surface area contributed by atoms with Gasteiger partial charge >= 0.3 is 0 Å². The number of thiophene rings is 1. The summed E-state index contributed by atoms with van der Waals surface area (Å²) < 4.78 is 1.24. The molecule has 1 aromatic heterocycles. The van der Waals surface area contributed by atoms with E-state index < -0.39 is 0 Å². The van der Waals surface area contributed by atoms with Gasteiger partial charge in [0.1, 0.15) is 0 Å². The van der Waals surface area contributed by atoms with E-state index in [0.29, 0.717) is 5.02 Å². The van der Waals surface area contributed by atoms with Crippen molar-refractivity contribution in [3.8, 4) is 22.3 Å². The van der Waals surface area contributed by atoms with Crippen LogP contribution in [0.3, 0.4) is 0 Å². The molecule has 0 saturated heterocycles. The van der Waals surface area contributed by atoms with Gasteiger partial charge in [-0.2, -0.15) is 0 Å². The third kappa shape index (κ3) is 9.78. The first-order valence-electron chi connectivity index (χ1n) is 24.3. The van der Waals surface area contributed by atoms with Crippen molar-refractivity contribution in [2.45, 2.75) is 97.8 Å². The maximum Gasteiger partial charge on any atom is 0.0647 e. The fourth-order valence-electron chi connectivity index (χ4n) is 9.46. The van der Waals surface area contributed by atoms with Crippen LogP contribution in [0.15, 0.2) is 193 Å². The van der Waals surface area contributed by atoms with Crippen molar-refractivity contribution >= 4 is 67.1 Å². The van der Waals surface area contributed by atoms with Crippen LogP contribution >= 0.6 is 22.9 Å². The Hall–Kier alpha value is -6.39. The Morgan fingerprint density at radius 3 is 1.36 bits per heavy atom. The standard InChI is InChI=1S/C65H65ClN2S/c1-62(2,3)47-30-33-58(55(37-47)44-22-15-12-16-23-44)67(52-29-21-28-50(36-52)65(10,11)46-26-19-14-20-27-46)53-40-51(66)41-54(42-53)68(60-43-69-61-35-32-49(39-57(60)61)64(7,8)9)59-34-31-48(63(4,5)6)38-56(59)45-24-17-13-18-25-45/h12-43H,1-11H3. The van der Waals surface area contributed by atoms with Crippen molar-refractivity contribution in [3.05, 3.63) is 226 Å². The summed E-state index contributed by atoms with van der Waals surface area (Å²) >= 11 is 9.37. The number of nitrogens with zero attached hydrogens (tertiary/aromatic N) is 2. The lowest BCUT2D eigenvalue weighted by Gasteiger charge is -2.34. The first-order chi connectivity index (χ1) is 32.8. The van der Waals surface area contributed by atoms with Crippen molar-refractivity contribution in [1.29, 1.82) is 0 Å². The molecule has 0 fully saturated rings. The zero-order chi connectivity index (χ0) is 48.9. The topological polar surface area (TPSA) is 6.48 Å². The van der Waals surface area contributed by atoms with Crippen LogP contribution in [0.2, 0.25) is 5.02 Å². The van der Waals surface area contributed by atoms with Gasteiger partial charge in [0.25, 0.3) is 0 Å². The number of anilines is 6. The summed E-state index contributed by atoms with van der Waals surface area (Å²) in [5, 5.41) is 4.19. The highest BCUT2D eigenvalue weighted by atomic mass is 35.5. The molecule has 0 aliphatic carbocycles. The monoisotopic (exact) mass is 940 g/mol. The van der Waals surface area contributed by atoms with Gasteiger partial charge in [-0.3, -0.25) is 0 Å². The Morgan fingerprint density at radius 2 is 0.826 bits per heavy atom. The molecule has 1 heterocycles. The molecule has 9 rings (SSSR count). The average Bonchev–Trinajstić information content (AvgIpc) is 3.74. The molecule has 4 heteroatoms. The number of hydrogen-bond donors (Lipinski definition) is 0. The highest BCUT2D eigenvalue weighted by Crippen LogP contribution is 2.51. The summed E-state index contributed by atoms with van der Waals surface area (Å²) in [6, 6.07) is 69.2. The van der Waals surface area contributed by atoms with Gasteiger partial charge in [-0.1, -0.05) is 209 Å². The van der Waals surface area contributed by atoms with E-state index in [0.717, 1.165) is 56.4 Å². The van der Waals surface area contributed by atoms with Crippen LogP contribution in [0.5, 0.6) is 0 Å². The molecule has 0 aliphatic heterocycles. The van der Waals surface area contributed by atoms with E-state index in [-0.39, 0.29) is 21.7 Å². The Labute approximate surface area is 420 Å². The summed E-state index contributed by atoms with van der Waals surface area (Å²) in [6.07, 6.45) is 0. The number of hydrogen-bond acceptors (Lipinski definition) is 3. The maximum atomic E-state index is 7.58. The van der Waals surface area contributed by atoms with Crippen LogP contribution in [0.25, 0.3) is 32.3 Å². The number of rotatable bonds is 10. The van der Waals surface area contributed by atoms with E-state index >= 15 is 0 Å². The predicted molar refractivity (Wildman–Crippen MR) is 302 cm³/mol. The molecule has 0 aliphatic rings. The molecule has 0 saturated carbocycles. The van der Waals surface area contributed by atoms with Crippen LogP contribution in [0.1, 0.15) is 104 Å².